The van der Waals surface area contributed by atoms with E-state index >= 15 is 0 Å². The Morgan fingerprint density at radius 2 is 1.96 bits per heavy atom. The Hall–Kier alpha value is -1.94. The largest absolute Gasteiger partial charge is 0.294 e. The van der Waals surface area contributed by atoms with Gasteiger partial charge in [-0.2, -0.15) is 0 Å². The monoisotopic (exact) mass is 366 g/mol. The van der Waals surface area contributed by atoms with Crippen LogP contribution >= 0.6 is 11.3 Å². The molecular weight excluding hydrogens is 340 g/mol. The van der Waals surface area contributed by atoms with Crippen LogP contribution in [-0.4, -0.2) is 9.55 Å². The summed E-state index contributed by atoms with van der Waals surface area (Å²) in [6.07, 6.45) is 4.96. The van der Waals surface area contributed by atoms with E-state index in [0.717, 1.165) is 35.0 Å². The summed E-state index contributed by atoms with van der Waals surface area (Å²) in [5.74, 6) is 0.679. The summed E-state index contributed by atoms with van der Waals surface area (Å²) < 4.78 is 1.76. The number of benzene rings is 1. The molecule has 0 radical (unpaired) electrons. The van der Waals surface area contributed by atoms with Crippen molar-refractivity contribution in [1.29, 1.82) is 0 Å². The second kappa shape index (κ2) is 6.34. The molecule has 1 aliphatic carbocycles. The molecule has 0 unspecified atom stereocenters. The first-order valence-corrected chi connectivity index (χ1v) is 10.2. The van der Waals surface area contributed by atoms with E-state index in [4.69, 9.17) is 0 Å². The molecule has 0 bridgehead atoms. The lowest BCUT2D eigenvalue weighted by atomic mass is 9.72. The summed E-state index contributed by atoms with van der Waals surface area (Å²) in [5.41, 5.74) is 4.06. The Morgan fingerprint density at radius 3 is 2.65 bits per heavy atom. The molecule has 3 nitrogen and oxygen atoms in total. The molecule has 0 spiro atoms. The van der Waals surface area contributed by atoms with Crippen molar-refractivity contribution < 1.29 is 0 Å². The van der Waals surface area contributed by atoms with Gasteiger partial charge in [0.1, 0.15) is 4.83 Å². The minimum Gasteiger partial charge on any atom is -0.294 e. The first-order chi connectivity index (χ1) is 12.3. The van der Waals surface area contributed by atoms with E-state index in [9.17, 15) is 4.79 Å². The zero-order chi connectivity index (χ0) is 18.5. The highest BCUT2D eigenvalue weighted by Crippen LogP contribution is 2.41. The van der Waals surface area contributed by atoms with E-state index in [1.165, 1.54) is 16.0 Å². The quantitative estimate of drug-likeness (QED) is 0.642. The topological polar surface area (TPSA) is 34.9 Å². The standard InChI is InChI=1S/C22H26N2OS/c1-14-5-7-15(8-6-14)12-24-13-23-20-19(21(24)25)17-10-9-16(22(2,3)4)11-18(17)26-20/h5-8,13,16H,9-12H2,1-4H3/t16-/m0/s1. The van der Waals surface area contributed by atoms with E-state index in [0.29, 0.717) is 17.9 Å². The lowest BCUT2D eigenvalue weighted by Gasteiger charge is -2.33. The first kappa shape index (κ1) is 17.5. The third-order valence-electron chi connectivity index (χ3n) is 5.73. The lowest BCUT2D eigenvalue weighted by molar-refractivity contribution is 0.218. The van der Waals surface area contributed by atoms with Crippen LogP contribution in [0.5, 0.6) is 0 Å². The molecule has 1 aromatic carbocycles. The highest BCUT2D eigenvalue weighted by atomic mass is 32.1. The van der Waals surface area contributed by atoms with Crippen molar-refractivity contribution in [2.24, 2.45) is 11.3 Å². The predicted molar refractivity (Wildman–Crippen MR) is 109 cm³/mol. The van der Waals surface area contributed by atoms with Crippen LogP contribution < -0.4 is 5.56 Å². The molecule has 1 aliphatic rings. The second-order valence-electron chi connectivity index (χ2n) is 8.65. The summed E-state index contributed by atoms with van der Waals surface area (Å²) >= 11 is 1.73. The van der Waals surface area contributed by atoms with Gasteiger partial charge in [0.25, 0.3) is 5.56 Å². The molecule has 1 atom stereocenters. The minimum atomic E-state index is 0.113. The van der Waals surface area contributed by atoms with Crippen LogP contribution in [0.3, 0.4) is 0 Å². The predicted octanol–water partition coefficient (Wildman–Crippen LogP) is 4.97. The van der Waals surface area contributed by atoms with E-state index in [1.54, 1.807) is 22.2 Å². The average molecular weight is 367 g/mol. The Balaban J connectivity index is 1.72. The smallest absolute Gasteiger partial charge is 0.262 e. The van der Waals surface area contributed by atoms with Crippen molar-refractivity contribution >= 4 is 21.6 Å². The number of hydrogen-bond acceptors (Lipinski definition) is 3. The van der Waals surface area contributed by atoms with Crippen LogP contribution in [0.25, 0.3) is 10.2 Å². The normalized spacial score (nSPS) is 17.5. The van der Waals surface area contributed by atoms with Crippen LogP contribution in [0.4, 0.5) is 0 Å². The zero-order valence-electron chi connectivity index (χ0n) is 16.0. The molecule has 0 saturated heterocycles. The van der Waals surface area contributed by atoms with Gasteiger partial charge in [-0.05, 0) is 48.6 Å². The number of nitrogens with zero attached hydrogens (tertiary/aromatic N) is 2. The number of hydrogen-bond donors (Lipinski definition) is 0. The van der Waals surface area contributed by atoms with Crippen molar-refractivity contribution in [2.45, 2.75) is 53.5 Å². The molecule has 0 aliphatic heterocycles. The summed E-state index contributed by atoms with van der Waals surface area (Å²) in [6, 6.07) is 8.35. The molecule has 0 amide bonds. The summed E-state index contributed by atoms with van der Waals surface area (Å²) in [7, 11) is 0. The number of aryl methyl sites for hydroxylation is 2. The van der Waals surface area contributed by atoms with Gasteiger partial charge in [-0.3, -0.25) is 9.36 Å². The first-order valence-electron chi connectivity index (χ1n) is 9.38. The summed E-state index contributed by atoms with van der Waals surface area (Å²) in [6.45, 7) is 9.62. The van der Waals surface area contributed by atoms with E-state index in [-0.39, 0.29) is 5.56 Å². The third kappa shape index (κ3) is 3.11. The maximum Gasteiger partial charge on any atom is 0.262 e. The number of rotatable bonds is 2. The van der Waals surface area contributed by atoms with E-state index in [1.807, 2.05) is 0 Å². The van der Waals surface area contributed by atoms with Gasteiger partial charge >= 0.3 is 0 Å². The molecule has 0 N–H and O–H groups in total. The van der Waals surface area contributed by atoms with Crippen molar-refractivity contribution in [2.75, 3.05) is 0 Å². The summed E-state index contributed by atoms with van der Waals surface area (Å²) in [5, 5.41) is 0.868. The average Bonchev–Trinajstić information content (AvgIpc) is 2.97. The molecule has 26 heavy (non-hydrogen) atoms. The highest BCUT2D eigenvalue weighted by Gasteiger charge is 2.31. The van der Waals surface area contributed by atoms with Crippen molar-refractivity contribution in [1.82, 2.24) is 9.55 Å². The summed E-state index contributed by atoms with van der Waals surface area (Å²) in [4.78, 5) is 20.1. The van der Waals surface area contributed by atoms with Crippen molar-refractivity contribution in [3.63, 3.8) is 0 Å². The van der Waals surface area contributed by atoms with Crippen LogP contribution in [-0.2, 0) is 19.4 Å². The molecule has 136 valence electrons. The number of aromatic nitrogens is 2. The SMILES string of the molecule is Cc1ccc(Cn2cnc3sc4c(c3c2=O)CC[C@H](C(C)(C)C)C4)cc1. The Labute approximate surface area is 158 Å². The minimum absolute atomic E-state index is 0.113. The van der Waals surface area contributed by atoms with Gasteiger partial charge in [-0.15, -0.1) is 11.3 Å². The lowest BCUT2D eigenvalue weighted by Crippen LogP contribution is -2.27. The van der Waals surface area contributed by atoms with Gasteiger partial charge in [-0.1, -0.05) is 50.6 Å². The van der Waals surface area contributed by atoms with Crippen LogP contribution in [0, 0.1) is 18.3 Å². The van der Waals surface area contributed by atoms with Crippen LogP contribution in [0.2, 0.25) is 0 Å². The maximum absolute atomic E-state index is 13.1. The van der Waals surface area contributed by atoms with Gasteiger partial charge in [0.2, 0.25) is 0 Å². The zero-order valence-corrected chi connectivity index (χ0v) is 16.8. The van der Waals surface area contributed by atoms with Gasteiger partial charge < -0.3 is 0 Å². The molecule has 4 rings (SSSR count). The van der Waals surface area contributed by atoms with Crippen molar-refractivity contribution in [3.8, 4) is 0 Å². The number of thiophene rings is 1. The van der Waals surface area contributed by atoms with E-state index in [2.05, 4.69) is 56.9 Å². The van der Waals surface area contributed by atoms with Gasteiger partial charge in [-0.25, -0.2) is 4.98 Å². The Bertz CT molecular complexity index is 1010. The van der Waals surface area contributed by atoms with Crippen LogP contribution in [0.15, 0.2) is 35.4 Å². The molecule has 0 fully saturated rings. The third-order valence-corrected chi connectivity index (χ3v) is 6.90. The van der Waals surface area contributed by atoms with E-state index < -0.39 is 0 Å². The van der Waals surface area contributed by atoms with Crippen LogP contribution in [0.1, 0.15) is 48.8 Å². The fourth-order valence-corrected chi connectivity index (χ4v) is 5.20. The molecule has 2 aromatic heterocycles. The fraction of sp³-hybridized carbons (Fsp3) is 0.455. The van der Waals surface area contributed by atoms with Crippen molar-refractivity contribution in [3.05, 3.63) is 62.5 Å². The van der Waals surface area contributed by atoms with Gasteiger partial charge in [0, 0.05) is 4.88 Å². The maximum atomic E-state index is 13.1. The second-order valence-corrected chi connectivity index (χ2v) is 9.74. The van der Waals surface area contributed by atoms with Gasteiger partial charge in [0.15, 0.2) is 0 Å². The Kier molecular flexibility index (Phi) is 4.26. The highest BCUT2D eigenvalue weighted by molar-refractivity contribution is 7.18. The number of fused-ring (bicyclic) bond motifs is 3. The Morgan fingerprint density at radius 1 is 1.23 bits per heavy atom. The molecule has 0 saturated carbocycles. The molecule has 3 aromatic rings. The fourth-order valence-electron chi connectivity index (χ4n) is 3.94. The molecular formula is C22H26N2OS. The van der Waals surface area contributed by atoms with Gasteiger partial charge in [0.05, 0.1) is 18.3 Å². The molecule has 4 heteroatoms. The molecule has 2 heterocycles.